The molecular formula is C79H172N6O6. The van der Waals surface area contributed by atoms with Crippen molar-refractivity contribution in [3.05, 3.63) is 0 Å². The zero-order valence-electron chi connectivity index (χ0n) is 60.9. The van der Waals surface area contributed by atoms with E-state index < -0.39 is 11.2 Å². The van der Waals surface area contributed by atoms with Gasteiger partial charge in [-0.05, 0) is 216 Å². The predicted molar refractivity (Wildman–Crippen MR) is 403 cm³/mol. The van der Waals surface area contributed by atoms with Gasteiger partial charge in [-0.15, -0.1) is 0 Å². The molecule has 0 aromatic rings. The first-order valence-electron chi connectivity index (χ1n) is 35.2. The lowest BCUT2D eigenvalue weighted by Crippen LogP contribution is -2.53. The van der Waals surface area contributed by atoms with E-state index in [9.17, 15) is 30.6 Å². The Labute approximate surface area is 572 Å². The third-order valence-corrected chi connectivity index (χ3v) is 18.6. The van der Waals surface area contributed by atoms with E-state index in [1.165, 1.54) is 83.7 Å². The van der Waals surface area contributed by atoms with Crippen molar-refractivity contribution in [2.75, 3.05) is 78.5 Å². The molecule has 12 nitrogen and oxygen atoms in total. The molecule has 8 rings (SSSR count). The van der Waals surface area contributed by atoms with Crippen LogP contribution in [-0.4, -0.2) is 209 Å². The van der Waals surface area contributed by atoms with Crippen LogP contribution in [0.3, 0.4) is 0 Å². The number of hydrogen-bond acceptors (Lipinski definition) is 12. The molecule has 0 spiro atoms. The van der Waals surface area contributed by atoms with E-state index in [2.05, 4.69) is 154 Å². The van der Waals surface area contributed by atoms with Crippen molar-refractivity contribution in [2.45, 2.75) is 404 Å². The zero-order chi connectivity index (χ0) is 65.0. The fourth-order valence-corrected chi connectivity index (χ4v) is 15.1. The predicted octanol–water partition coefficient (Wildman–Crippen LogP) is 17.3. The second-order valence-electron chi connectivity index (χ2n) is 37.3. The van der Waals surface area contributed by atoms with E-state index in [1.54, 1.807) is 0 Å². The lowest BCUT2D eigenvalue weighted by atomic mass is 9.86. The molecule has 6 N–H and O–H groups in total. The Kier molecular flexibility index (Phi) is 42.5. The topological polar surface area (TPSA) is 141 Å². The lowest BCUT2D eigenvalue weighted by molar-refractivity contribution is -0.0463. The second kappa shape index (κ2) is 39.9. The van der Waals surface area contributed by atoms with Crippen molar-refractivity contribution < 1.29 is 30.6 Å². The number of likely N-dealkylation sites (tertiary alicyclic amines) is 6. The average Bonchev–Trinajstić information content (AvgIpc) is 1.66. The molecule has 0 amide bonds. The van der Waals surface area contributed by atoms with E-state index in [-0.39, 0.29) is 68.0 Å². The van der Waals surface area contributed by atoms with Gasteiger partial charge in [0.15, 0.2) is 0 Å². The van der Waals surface area contributed by atoms with Crippen LogP contribution in [0.1, 0.15) is 333 Å². The molecule has 91 heavy (non-hydrogen) atoms. The second-order valence-corrected chi connectivity index (χ2v) is 37.3. The molecule has 0 aromatic heterocycles. The Morgan fingerprint density at radius 3 is 0.835 bits per heavy atom. The Balaban J connectivity index is -0.000000493. The van der Waals surface area contributed by atoms with Crippen LogP contribution in [0.2, 0.25) is 0 Å². The molecule has 0 aromatic carbocycles. The molecule has 2 saturated carbocycles. The summed E-state index contributed by atoms with van der Waals surface area (Å²) >= 11 is 0. The maximum absolute atomic E-state index is 10.3. The van der Waals surface area contributed by atoms with Crippen LogP contribution in [0.5, 0.6) is 0 Å². The van der Waals surface area contributed by atoms with E-state index in [4.69, 9.17) is 0 Å². The summed E-state index contributed by atoms with van der Waals surface area (Å²) in [6, 6.07) is 2.39. The van der Waals surface area contributed by atoms with E-state index in [0.29, 0.717) is 68.7 Å². The minimum atomic E-state index is -0.564. The van der Waals surface area contributed by atoms with Crippen LogP contribution in [0.15, 0.2) is 0 Å². The van der Waals surface area contributed by atoms with Crippen molar-refractivity contribution >= 4 is 0 Å². The largest absolute Gasteiger partial charge is 0.392 e. The maximum Gasteiger partial charge on any atom is 0.0804 e. The van der Waals surface area contributed by atoms with E-state index in [0.717, 1.165) is 117 Å². The fraction of sp³-hybridized carbons (Fsp3) is 1.00. The van der Waals surface area contributed by atoms with Crippen LogP contribution in [0.25, 0.3) is 0 Å². The van der Waals surface area contributed by atoms with Gasteiger partial charge < -0.3 is 30.6 Å². The molecule has 12 heteroatoms. The van der Waals surface area contributed by atoms with Gasteiger partial charge in [0.05, 0.1) is 34.6 Å². The molecule has 2 aliphatic carbocycles. The highest BCUT2D eigenvalue weighted by molar-refractivity contribution is 5.07. The van der Waals surface area contributed by atoms with Crippen LogP contribution in [0.4, 0.5) is 0 Å². The van der Waals surface area contributed by atoms with Gasteiger partial charge in [-0.2, -0.15) is 0 Å². The minimum absolute atomic E-state index is 0. The van der Waals surface area contributed by atoms with E-state index >= 15 is 0 Å². The highest BCUT2D eigenvalue weighted by atomic mass is 16.3. The lowest BCUT2D eigenvalue weighted by Gasteiger charge is -2.44. The third kappa shape index (κ3) is 37.9. The molecule has 6 saturated heterocycles. The first-order valence-corrected chi connectivity index (χ1v) is 35.2. The zero-order valence-corrected chi connectivity index (χ0v) is 60.9. The van der Waals surface area contributed by atoms with Gasteiger partial charge in [0.25, 0.3) is 0 Å². The molecular weight excluding hydrogens is 1130 g/mol. The average molecular weight is 1300 g/mol. The SMILES string of the molecule is C.C.C.C.C.C.CC(C)(C)CN1CCCC1C(C)(C)O.CC(C)(C)CN1CCCC1C1(O)CC1.CC(C)(C)CN1CCCCC1C(C)(C)O.CC(C)(C)CN1CCCCC1C1(O)CC1.CC(O)C1CCCCN1CC(C)(C)C.CC(O)C1CCCN1CC(C)(C)C. The summed E-state index contributed by atoms with van der Waals surface area (Å²) in [7, 11) is 0. The third-order valence-electron chi connectivity index (χ3n) is 18.6. The number of piperidine rings is 3. The fourth-order valence-electron chi connectivity index (χ4n) is 15.1. The number of aliphatic hydroxyl groups excluding tert-OH is 2. The number of rotatable bonds is 12. The van der Waals surface area contributed by atoms with Crippen molar-refractivity contribution in [1.29, 1.82) is 0 Å². The number of aliphatic hydroxyl groups is 6. The molecule has 8 unspecified atom stereocenters. The number of hydrogen-bond donors (Lipinski definition) is 6. The van der Waals surface area contributed by atoms with Crippen molar-refractivity contribution in [1.82, 2.24) is 29.4 Å². The quantitative estimate of drug-likeness (QED) is 0.111. The van der Waals surface area contributed by atoms with Crippen LogP contribution < -0.4 is 0 Å². The highest BCUT2D eigenvalue weighted by Gasteiger charge is 2.52. The van der Waals surface area contributed by atoms with Gasteiger partial charge in [-0.1, -0.05) is 188 Å². The van der Waals surface area contributed by atoms with Crippen molar-refractivity contribution in [3.63, 3.8) is 0 Å². The Morgan fingerprint density at radius 2 is 0.516 bits per heavy atom. The van der Waals surface area contributed by atoms with Crippen LogP contribution in [-0.2, 0) is 0 Å². The molecule has 0 radical (unpaired) electrons. The highest BCUT2D eigenvalue weighted by Crippen LogP contribution is 2.46. The Bertz CT molecular complexity index is 1760. The summed E-state index contributed by atoms with van der Waals surface area (Å²) in [4.78, 5) is 14.9. The van der Waals surface area contributed by atoms with Crippen LogP contribution in [0, 0.1) is 32.5 Å². The van der Waals surface area contributed by atoms with Gasteiger partial charge in [-0.3, -0.25) is 29.4 Å². The minimum Gasteiger partial charge on any atom is -0.392 e. The summed E-state index contributed by atoms with van der Waals surface area (Å²) in [6.45, 7) is 66.0. The molecule has 8 aliphatic rings. The van der Waals surface area contributed by atoms with Gasteiger partial charge in [-0.25, -0.2) is 0 Å². The van der Waals surface area contributed by atoms with Gasteiger partial charge in [0, 0.05) is 75.5 Å². The van der Waals surface area contributed by atoms with Gasteiger partial charge >= 0.3 is 0 Å². The molecule has 8 atom stereocenters. The van der Waals surface area contributed by atoms with Gasteiger partial charge in [0.1, 0.15) is 0 Å². The van der Waals surface area contributed by atoms with Crippen molar-refractivity contribution in [2.24, 2.45) is 32.5 Å². The van der Waals surface area contributed by atoms with Crippen molar-refractivity contribution in [3.8, 4) is 0 Å². The molecule has 554 valence electrons. The standard InChI is InChI=1S/C13H25NO.C13H27NO.C12H23NO.2C12H25NO.C11H23NO.6CH4/c1-12(2,3)10-14-9-5-4-6-11(14)13(15)7-8-13;1-12(2,3)10-14-9-7-6-8-11(14)13(4,5)15;1-11(2,3)9-13-8-4-5-10(13)12(14)6-7-12;1-11(2,3)9-13-8-6-7-10(13)12(4,5)14;1-10(14)11-7-5-6-8-13(11)9-12(2,3)4;1-9(13)10-6-5-7-12(10)8-11(2,3)4;;;;;;/h11,15H,4-10H2,1-3H3;11,15H,6-10H2,1-5H3;10,14H,4-9H2,1-3H3;10,14H,6-9H2,1-5H3;10-11,14H,5-9H2,1-4H3;9-10,13H,5-8H2,1-4H3;6*1H4. The summed E-state index contributed by atoms with van der Waals surface area (Å²) in [5, 5.41) is 59.9. The molecule has 6 aliphatic heterocycles. The Hall–Kier alpha value is -0.480. The van der Waals surface area contributed by atoms with E-state index in [1.807, 2.05) is 41.5 Å². The van der Waals surface area contributed by atoms with Crippen LogP contribution >= 0.6 is 0 Å². The van der Waals surface area contributed by atoms with Gasteiger partial charge in [0.2, 0.25) is 0 Å². The normalized spacial score (nSPS) is 26.6. The molecule has 0 bridgehead atoms. The maximum atomic E-state index is 10.3. The smallest absolute Gasteiger partial charge is 0.0804 e. The first-order chi connectivity index (χ1) is 38.5. The molecule has 8 fully saturated rings. The molecule has 6 heterocycles. The monoisotopic (exact) mass is 1300 g/mol. The first kappa shape index (κ1) is 96.9. The summed E-state index contributed by atoms with van der Waals surface area (Å²) in [5.74, 6) is 0. The summed E-state index contributed by atoms with van der Waals surface area (Å²) < 4.78 is 0. The number of nitrogens with zero attached hydrogens (tertiary/aromatic N) is 6. The Morgan fingerprint density at radius 1 is 0.308 bits per heavy atom. The summed E-state index contributed by atoms with van der Waals surface area (Å²) in [5.41, 5.74) is 0.298. The summed E-state index contributed by atoms with van der Waals surface area (Å²) in [6.07, 6.45) is 22.2.